The molecule has 0 spiro atoms. The van der Waals surface area contributed by atoms with Gasteiger partial charge in [0.25, 0.3) is 0 Å². The molecular weight excluding hydrogens is 490 g/mol. The highest BCUT2D eigenvalue weighted by Crippen LogP contribution is 2.82. The molecule has 0 aliphatic carbocycles. The molecule has 0 N–H and O–H groups in total. The predicted octanol–water partition coefficient (Wildman–Crippen LogP) is 10.0. The van der Waals surface area contributed by atoms with Gasteiger partial charge in [0.1, 0.15) is 0 Å². The van der Waals surface area contributed by atoms with Crippen LogP contribution in [0.15, 0.2) is 22.6 Å². The molecule has 20 heteroatoms. The molecule has 1 aliphatic heterocycles. The smallest absolute Gasteiger partial charge is 0.306 e. The van der Waals surface area contributed by atoms with Crippen molar-refractivity contribution in [2.75, 3.05) is 20.3 Å². The molecule has 0 aromatic heterocycles. The Balaban J connectivity index is 3.98. The van der Waals surface area contributed by atoms with Gasteiger partial charge in [-0.2, -0.15) is 12.6 Å². The van der Waals surface area contributed by atoms with E-state index in [9.17, 15) is 29.4 Å². The van der Waals surface area contributed by atoms with Crippen LogP contribution in [-0.4, -0.2) is 20.3 Å². The average Bonchev–Trinajstić information content (AvgIpc) is 2.47. The second kappa shape index (κ2) is 9.57. The zero-order valence-electron chi connectivity index (χ0n) is 14.2. The van der Waals surface area contributed by atoms with Crippen LogP contribution in [0.25, 0.3) is 0 Å². The molecule has 162 valence electrons. The summed E-state index contributed by atoms with van der Waals surface area (Å²) in [5.74, 6) is 0. The summed E-state index contributed by atoms with van der Waals surface area (Å²) in [7, 11) is -28.8. The van der Waals surface area contributed by atoms with Gasteiger partial charge in [0.15, 0.2) is 0 Å². The molecule has 27 heavy (non-hydrogen) atoms. The topological polar surface area (TPSA) is 89.5 Å². The Bertz CT molecular complexity index is 822. The van der Waals surface area contributed by atoms with Crippen molar-refractivity contribution in [1.82, 2.24) is 0 Å². The van der Waals surface area contributed by atoms with Crippen molar-refractivity contribution in [1.29, 1.82) is 0 Å². The Morgan fingerprint density at radius 3 is 1.44 bits per heavy atom. The Morgan fingerprint density at radius 2 is 1.00 bits per heavy atom. The minimum atomic E-state index is -6.43. The normalized spacial score (nSPS) is 35.6. The van der Waals surface area contributed by atoms with E-state index in [1.165, 1.54) is 13.8 Å². The van der Waals surface area contributed by atoms with Gasteiger partial charge in [-0.1, -0.05) is 13.8 Å². The quantitative estimate of drug-likeness (QED) is 0.254. The average molecular weight is 507 g/mol. The van der Waals surface area contributed by atoms with Gasteiger partial charge in [-0.15, -0.1) is 39.4 Å². The fraction of sp³-hybridized carbons (Fsp3) is 1.00. The largest absolute Gasteiger partial charge is 0.425 e. The molecule has 0 saturated heterocycles. The third-order valence-corrected chi connectivity index (χ3v) is 12.5. The lowest BCUT2D eigenvalue weighted by Crippen LogP contribution is -1.90. The van der Waals surface area contributed by atoms with Crippen LogP contribution in [0, 0.1) is 0 Å². The summed E-state index contributed by atoms with van der Waals surface area (Å²) in [5.41, 5.74) is 0. The molecule has 0 bridgehead atoms. The molecule has 1 rings (SSSR count). The highest BCUT2D eigenvalue weighted by Gasteiger charge is 2.40. The zero-order valence-corrected chi connectivity index (χ0v) is 18.6. The van der Waals surface area contributed by atoms with E-state index >= 15 is 0 Å². The van der Waals surface area contributed by atoms with Gasteiger partial charge in [-0.3, -0.25) is 0 Å². The Morgan fingerprint density at radius 1 is 0.593 bits per heavy atom. The summed E-state index contributed by atoms with van der Waals surface area (Å²) in [6.07, 6.45) is 0.198. The molecule has 0 aromatic rings. The van der Waals surface area contributed by atoms with Gasteiger partial charge < -0.3 is 13.6 Å². The minimum absolute atomic E-state index is 0.0825. The highest BCUT2D eigenvalue weighted by molar-refractivity contribution is 7.78. The van der Waals surface area contributed by atoms with Crippen molar-refractivity contribution in [2.24, 2.45) is 22.6 Å². The first-order valence-corrected chi connectivity index (χ1v) is 14.6. The number of rotatable bonds is 7. The van der Waals surface area contributed by atoms with Gasteiger partial charge >= 0.3 is 38.9 Å². The molecule has 1 aliphatic rings. The lowest BCUT2D eigenvalue weighted by molar-refractivity contribution is 0.315. The molecule has 3 atom stereocenters. The van der Waals surface area contributed by atoms with Crippen LogP contribution >= 0.6 is 38.9 Å². The van der Waals surface area contributed by atoms with Crippen LogP contribution in [0.2, 0.25) is 0 Å². The lowest BCUT2D eigenvalue weighted by Gasteiger charge is -2.19. The van der Waals surface area contributed by atoms with E-state index in [2.05, 4.69) is 31.6 Å². The Hall–Kier alpha value is 0.540. The van der Waals surface area contributed by atoms with E-state index in [0.29, 0.717) is 7.11 Å². The fourth-order valence-corrected chi connectivity index (χ4v) is 11.3. The number of hydrogen-bond donors (Lipinski definition) is 0. The molecule has 0 fully saturated rings. The monoisotopic (exact) mass is 507 g/mol. The highest BCUT2D eigenvalue weighted by atomic mass is 31.3. The maximum atomic E-state index is 15.0. The van der Waals surface area contributed by atoms with Crippen LogP contribution in [-0.2, 0) is 13.6 Å². The maximum absolute atomic E-state index is 15.0. The van der Waals surface area contributed by atoms with Crippen molar-refractivity contribution in [3.05, 3.63) is 0 Å². The van der Waals surface area contributed by atoms with Gasteiger partial charge in [-0.25, -0.2) is 0 Å². The van der Waals surface area contributed by atoms with Gasteiger partial charge in [0.05, 0.1) is 13.2 Å². The van der Waals surface area contributed by atoms with Crippen molar-refractivity contribution in [2.45, 2.75) is 26.7 Å². The van der Waals surface area contributed by atoms with Crippen LogP contribution in [0.5, 0.6) is 0 Å². The Labute approximate surface area is 152 Å². The standard InChI is InChI=1S/C7H17F7N5O3P5/c1-4-6-21-26(13)17-24(10,11)15-23(8,9)16-25(12,20-3)18-27(14,19-26)22-7-5-2/h4-7H2,1-3H3. The zero-order chi connectivity index (χ0) is 21.0. The summed E-state index contributed by atoms with van der Waals surface area (Å²) < 4.78 is 124. The van der Waals surface area contributed by atoms with E-state index in [0.717, 1.165) is 0 Å². The SMILES string of the molecule is CCCOP1(F)=NP(F)(OC)=NP(F)(F)=NP(F)(F)=NP(F)(OCCC)=N1. The fourth-order valence-electron chi connectivity index (χ4n) is 1.35. The van der Waals surface area contributed by atoms with Gasteiger partial charge in [0.2, 0.25) is 0 Å². The Kier molecular flexibility index (Phi) is 9.06. The van der Waals surface area contributed by atoms with Gasteiger partial charge in [0, 0.05) is 7.11 Å². The number of hydrogen-bond acceptors (Lipinski definition) is 8. The number of nitrogens with zero attached hydrogens (tertiary/aromatic N) is 5. The van der Waals surface area contributed by atoms with Crippen molar-refractivity contribution in [3.63, 3.8) is 0 Å². The molecular formula is C7H17F7N5O3P5. The molecule has 8 nitrogen and oxygen atoms in total. The van der Waals surface area contributed by atoms with Crippen LogP contribution in [0.1, 0.15) is 26.7 Å². The first kappa shape index (κ1) is 25.6. The van der Waals surface area contributed by atoms with Gasteiger partial charge in [-0.05, 0) is 12.8 Å². The lowest BCUT2D eigenvalue weighted by atomic mass is 10.5. The molecule has 0 saturated carbocycles. The summed E-state index contributed by atoms with van der Waals surface area (Å²) >= 11 is 0. The van der Waals surface area contributed by atoms with Crippen LogP contribution in [0.4, 0.5) is 29.4 Å². The maximum Gasteiger partial charge on any atom is 0.425 e. The second-order valence-corrected chi connectivity index (χ2v) is 13.7. The van der Waals surface area contributed by atoms with Crippen molar-refractivity contribution >= 4 is 38.9 Å². The van der Waals surface area contributed by atoms with Crippen molar-refractivity contribution in [3.8, 4) is 0 Å². The molecule has 3 unspecified atom stereocenters. The van der Waals surface area contributed by atoms with E-state index in [1.807, 2.05) is 4.52 Å². The molecule has 0 amide bonds. The van der Waals surface area contributed by atoms with E-state index in [-0.39, 0.29) is 12.8 Å². The summed E-state index contributed by atoms with van der Waals surface area (Å²) in [6.45, 7) is 1.92. The predicted molar refractivity (Wildman–Crippen MR) is 94.0 cm³/mol. The molecule has 0 radical (unpaired) electrons. The van der Waals surface area contributed by atoms with E-state index < -0.39 is 52.1 Å². The third kappa shape index (κ3) is 8.43. The van der Waals surface area contributed by atoms with Crippen LogP contribution in [0.3, 0.4) is 0 Å². The van der Waals surface area contributed by atoms with E-state index in [1.54, 1.807) is 0 Å². The first-order valence-electron chi connectivity index (χ1n) is 7.13. The molecule has 1 heterocycles. The number of halogens is 7. The first-order chi connectivity index (χ1) is 12.2. The third-order valence-electron chi connectivity index (χ3n) is 2.24. The summed E-state index contributed by atoms with van der Waals surface area (Å²) in [6, 6.07) is 0. The van der Waals surface area contributed by atoms with Crippen LogP contribution < -0.4 is 0 Å². The summed E-state index contributed by atoms with van der Waals surface area (Å²) in [5, 5.41) is 0. The van der Waals surface area contributed by atoms with E-state index in [4.69, 9.17) is 0 Å². The molecule has 0 aromatic carbocycles. The summed E-state index contributed by atoms with van der Waals surface area (Å²) in [4.78, 5) is 0. The minimum Gasteiger partial charge on any atom is -0.306 e. The second-order valence-electron chi connectivity index (χ2n) is 4.63. The van der Waals surface area contributed by atoms with Crippen molar-refractivity contribution < 1.29 is 42.9 Å².